The lowest BCUT2D eigenvalue weighted by molar-refractivity contribution is 0.142. The number of imidazole rings is 1. The molecule has 21 heavy (non-hydrogen) atoms. The summed E-state index contributed by atoms with van der Waals surface area (Å²) < 4.78 is 8.58. The maximum Gasteiger partial charge on any atom is 0.207 e. The fraction of sp³-hybridized carbons (Fsp3) is 0.400. The van der Waals surface area contributed by atoms with E-state index in [4.69, 9.17) is 16.3 Å². The van der Waals surface area contributed by atoms with Crippen LogP contribution in [-0.4, -0.2) is 22.8 Å². The Morgan fingerprint density at radius 3 is 2.95 bits per heavy atom. The van der Waals surface area contributed by atoms with Crippen LogP contribution in [-0.2, 0) is 11.3 Å². The first-order chi connectivity index (χ1) is 10.1. The largest absolute Gasteiger partial charge is 0.382 e. The zero-order chi connectivity index (χ0) is 15.2. The van der Waals surface area contributed by atoms with Crippen molar-refractivity contribution in [3.05, 3.63) is 38.7 Å². The van der Waals surface area contributed by atoms with Crippen molar-refractivity contribution in [1.29, 1.82) is 0 Å². The van der Waals surface area contributed by atoms with Crippen LogP contribution in [0.3, 0.4) is 0 Å². The average Bonchev–Trinajstić information content (AvgIpc) is 2.78. The zero-order valence-corrected chi connectivity index (χ0v) is 15.1. The van der Waals surface area contributed by atoms with Crippen LogP contribution in [0.1, 0.15) is 19.0 Å². The van der Waals surface area contributed by atoms with E-state index in [0.29, 0.717) is 0 Å². The van der Waals surface area contributed by atoms with E-state index < -0.39 is 0 Å². The van der Waals surface area contributed by atoms with Crippen molar-refractivity contribution in [1.82, 2.24) is 9.55 Å². The number of halogens is 2. The summed E-state index contributed by atoms with van der Waals surface area (Å²) in [6.45, 7) is 6.42. The molecule has 1 aromatic heterocycles. The molecule has 0 saturated heterocycles. The van der Waals surface area contributed by atoms with Crippen molar-refractivity contribution in [2.75, 3.05) is 18.5 Å². The van der Waals surface area contributed by atoms with Crippen LogP contribution in [0.4, 0.5) is 11.6 Å². The zero-order valence-electron chi connectivity index (χ0n) is 12.2. The lowest BCUT2D eigenvalue weighted by Gasteiger charge is -2.11. The van der Waals surface area contributed by atoms with Crippen LogP contribution >= 0.6 is 34.2 Å². The summed E-state index contributed by atoms with van der Waals surface area (Å²) in [5.74, 6) is 0.851. The Morgan fingerprint density at radius 2 is 2.24 bits per heavy atom. The standard InChI is InChI=1S/C15H19ClIN3O/c1-3-21-8-4-7-20-10-11(2)18-15(20)19-14-6-5-12(16)9-13(14)17/h5-6,9-10H,3-4,7-8H2,1-2H3,(H,18,19). The van der Waals surface area contributed by atoms with Gasteiger partial charge in [-0.2, -0.15) is 0 Å². The van der Waals surface area contributed by atoms with Crippen molar-refractivity contribution in [3.8, 4) is 0 Å². The van der Waals surface area contributed by atoms with Crippen LogP contribution in [0.15, 0.2) is 24.4 Å². The van der Waals surface area contributed by atoms with Crippen LogP contribution in [0, 0.1) is 10.5 Å². The number of hydrogen-bond donors (Lipinski definition) is 1. The summed E-state index contributed by atoms with van der Waals surface area (Å²) in [4.78, 5) is 4.54. The van der Waals surface area contributed by atoms with Gasteiger partial charge in [0.2, 0.25) is 5.95 Å². The topological polar surface area (TPSA) is 39.1 Å². The molecule has 0 aliphatic heterocycles. The highest BCUT2D eigenvalue weighted by Gasteiger charge is 2.08. The number of anilines is 2. The molecule has 4 nitrogen and oxygen atoms in total. The van der Waals surface area contributed by atoms with E-state index in [2.05, 4.69) is 43.7 Å². The number of hydrogen-bond acceptors (Lipinski definition) is 3. The molecule has 2 rings (SSSR count). The lowest BCUT2D eigenvalue weighted by atomic mass is 10.3. The van der Waals surface area contributed by atoms with Crippen molar-refractivity contribution in [2.45, 2.75) is 26.8 Å². The summed E-state index contributed by atoms with van der Waals surface area (Å²) >= 11 is 8.25. The number of rotatable bonds is 7. The molecule has 0 amide bonds. The van der Waals surface area contributed by atoms with Crippen LogP contribution in [0.25, 0.3) is 0 Å². The number of aryl methyl sites for hydroxylation is 2. The van der Waals surface area contributed by atoms with Gasteiger partial charge in [0.05, 0.1) is 11.4 Å². The van der Waals surface area contributed by atoms with Gasteiger partial charge in [-0.05, 0) is 61.1 Å². The molecular formula is C15H19ClIN3O. The summed E-state index contributed by atoms with van der Waals surface area (Å²) in [6, 6.07) is 5.78. The average molecular weight is 420 g/mol. The van der Waals surface area contributed by atoms with E-state index in [9.17, 15) is 0 Å². The Balaban J connectivity index is 2.08. The molecule has 2 aromatic rings. The quantitative estimate of drug-likeness (QED) is 0.526. The smallest absolute Gasteiger partial charge is 0.207 e. The minimum Gasteiger partial charge on any atom is -0.382 e. The second-order valence-corrected chi connectivity index (χ2v) is 6.30. The van der Waals surface area contributed by atoms with Crippen molar-refractivity contribution >= 4 is 45.8 Å². The van der Waals surface area contributed by atoms with Crippen LogP contribution < -0.4 is 5.32 Å². The molecular weight excluding hydrogens is 401 g/mol. The Hall–Kier alpha value is -0.790. The molecule has 6 heteroatoms. The molecule has 0 fully saturated rings. The third-order valence-corrected chi connectivity index (χ3v) is 4.09. The highest BCUT2D eigenvalue weighted by molar-refractivity contribution is 14.1. The van der Waals surface area contributed by atoms with Gasteiger partial charge in [-0.3, -0.25) is 0 Å². The highest BCUT2D eigenvalue weighted by atomic mass is 127. The Morgan fingerprint density at radius 1 is 1.43 bits per heavy atom. The van der Waals surface area contributed by atoms with Gasteiger partial charge in [0.15, 0.2) is 0 Å². The van der Waals surface area contributed by atoms with Crippen molar-refractivity contribution < 1.29 is 4.74 Å². The third kappa shape index (κ3) is 4.86. The van der Waals surface area contributed by atoms with Gasteiger partial charge in [-0.1, -0.05) is 11.6 Å². The maximum absolute atomic E-state index is 5.99. The van der Waals surface area contributed by atoms with Gasteiger partial charge in [-0.15, -0.1) is 0 Å². The van der Waals surface area contributed by atoms with Gasteiger partial charge >= 0.3 is 0 Å². The predicted octanol–water partition coefficient (Wildman–Crippen LogP) is 4.62. The first kappa shape index (κ1) is 16.6. The van der Waals surface area contributed by atoms with Gasteiger partial charge in [0.1, 0.15) is 0 Å². The van der Waals surface area contributed by atoms with Gasteiger partial charge in [-0.25, -0.2) is 4.98 Å². The summed E-state index contributed by atoms with van der Waals surface area (Å²) in [5, 5.41) is 4.11. The van der Waals surface area contributed by atoms with E-state index in [1.807, 2.05) is 32.0 Å². The molecule has 0 aliphatic rings. The number of aromatic nitrogens is 2. The first-order valence-electron chi connectivity index (χ1n) is 6.93. The van der Waals surface area contributed by atoms with Gasteiger partial charge < -0.3 is 14.6 Å². The first-order valence-corrected chi connectivity index (χ1v) is 8.39. The Bertz CT molecular complexity index is 601. The number of nitrogens with one attached hydrogen (secondary N) is 1. The van der Waals surface area contributed by atoms with E-state index in [-0.39, 0.29) is 0 Å². The van der Waals surface area contributed by atoms with Crippen LogP contribution in [0.5, 0.6) is 0 Å². The van der Waals surface area contributed by atoms with Gasteiger partial charge in [0.25, 0.3) is 0 Å². The molecule has 114 valence electrons. The highest BCUT2D eigenvalue weighted by Crippen LogP contribution is 2.25. The Labute approximate surface area is 144 Å². The normalized spacial score (nSPS) is 10.9. The fourth-order valence-corrected chi connectivity index (χ4v) is 3.02. The minimum atomic E-state index is 0.737. The van der Waals surface area contributed by atoms with Crippen LogP contribution in [0.2, 0.25) is 5.02 Å². The van der Waals surface area contributed by atoms with E-state index >= 15 is 0 Å². The number of ether oxygens (including phenoxy) is 1. The molecule has 0 saturated carbocycles. The molecule has 0 bridgehead atoms. The SMILES string of the molecule is CCOCCCn1cc(C)nc1Nc1ccc(Cl)cc1I. The predicted molar refractivity (Wildman–Crippen MR) is 95.5 cm³/mol. The summed E-state index contributed by atoms with van der Waals surface area (Å²) in [6.07, 6.45) is 3.02. The van der Waals surface area contributed by atoms with E-state index in [1.165, 1.54) is 0 Å². The number of benzene rings is 1. The molecule has 1 heterocycles. The number of nitrogens with zero attached hydrogens (tertiary/aromatic N) is 2. The molecule has 0 spiro atoms. The second-order valence-electron chi connectivity index (χ2n) is 4.70. The molecule has 1 aromatic carbocycles. The van der Waals surface area contributed by atoms with Crippen molar-refractivity contribution in [2.24, 2.45) is 0 Å². The molecule has 0 atom stereocenters. The summed E-state index contributed by atoms with van der Waals surface area (Å²) in [7, 11) is 0. The third-order valence-electron chi connectivity index (χ3n) is 2.97. The summed E-state index contributed by atoms with van der Waals surface area (Å²) in [5.41, 5.74) is 2.01. The molecule has 0 unspecified atom stereocenters. The molecule has 0 aliphatic carbocycles. The fourth-order valence-electron chi connectivity index (χ4n) is 2.01. The second kappa shape index (κ2) is 8.00. The molecule has 0 radical (unpaired) electrons. The molecule has 1 N–H and O–H groups in total. The Kier molecular flexibility index (Phi) is 6.32. The minimum absolute atomic E-state index is 0.737. The van der Waals surface area contributed by atoms with Gasteiger partial charge in [0, 0.05) is 34.5 Å². The maximum atomic E-state index is 5.99. The van der Waals surface area contributed by atoms with Crippen molar-refractivity contribution in [3.63, 3.8) is 0 Å². The van der Waals surface area contributed by atoms with E-state index in [0.717, 1.165) is 52.1 Å². The monoisotopic (exact) mass is 419 g/mol. The van der Waals surface area contributed by atoms with E-state index in [1.54, 1.807) is 0 Å². The lowest BCUT2D eigenvalue weighted by Crippen LogP contribution is -2.06.